The van der Waals surface area contributed by atoms with Crippen molar-refractivity contribution in [1.82, 2.24) is 9.13 Å². The average Bonchev–Trinajstić information content (AvgIpc) is 3.86. The van der Waals surface area contributed by atoms with Crippen LogP contribution in [0.1, 0.15) is 52.7 Å². The van der Waals surface area contributed by atoms with Crippen LogP contribution in [0.25, 0.3) is 55.0 Å². The molecule has 6 heterocycles. The van der Waals surface area contributed by atoms with Gasteiger partial charge in [0.05, 0.1) is 22.1 Å². The van der Waals surface area contributed by atoms with E-state index in [1.165, 1.54) is 133 Å². The van der Waals surface area contributed by atoms with Crippen molar-refractivity contribution in [3.63, 3.8) is 0 Å². The second kappa shape index (κ2) is 13.0. The molecule has 9 aromatic carbocycles. The predicted octanol–water partition coefficient (Wildman–Crippen LogP) is 11.7. The fourth-order valence-electron chi connectivity index (χ4n) is 12.9. The van der Waals surface area contributed by atoms with Crippen molar-refractivity contribution >= 4 is 124 Å². The number of benzene rings is 9. The largest absolute Gasteiger partial charge is 0.311 e. The lowest BCUT2D eigenvalue weighted by Crippen LogP contribution is -2.60. The summed E-state index contributed by atoms with van der Waals surface area (Å²) in [4.78, 5) is 5.01. The molecule has 0 N–H and O–H groups in total. The van der Waals surface area contributed by atoms with E-state index in [4.69, 9.17) is 0 Å². The van der Waals surface area contributed by atoms with Gasteiger partial charge in [0, 0.05) is 67.0 Å². The first-order valence-corrected chi connectivity index (χ1v) is 24.3. The fourth-order valence-corrected chi connectivity index (χ4v) is 12.9. The Morgan fingerprint density at radius 2 is 0.706 bits per heavy atom. The van der Waals surface area contributed by atoms with Crippen molar-refractivity contribution in [2.75, 3.05) is 9.80 Å². The highest BCUT2D eigenvalue weighted by atomic mass is 15.2. The van der Waals surface area contributed by atoms with E-state index in [0.717, 1.165) is 0 Å². The standard InChI is InChI=1S/C62H48B2N4/c1-61(2,3)37-25-29-51-47(33-37)63-45-21-13-15-23-49(45)65(39-17-9-7-10-18-39)53-31-27-41-43-36-56-44(35-55(43)67(51)59(41)57(53)63)42-28-32-54-58-60(42)68(56)52-30-26-38(62(4,5)6)34-48(52)64(58)46-22-14-16-24-50(46)66(54)40-19-11-8-12-20-40/h7-36H,1-6H3. The molecule has 322 valence electrons. The third kappa shape index (κ3) is 4.87. The monoisotopic (exact) mass is 870 g/mol. The molecule has 0 saturated carbocycles. The van der Waals surface area contributed by atoms with E-state index in [9.17, 15) is 0 Å². The van der Waals surface area contributed by atoms with Gasteiger partial charge in [-0.15, -0.1) is 0 Å². The number of aromatic nitrogens is 2. The summed E-state index contributed by atoms with van der Waals surface area (Å²) >= 11 is 0. The summed E-state index contributed by atoms with van der Waals surface area (Å²) in [6.45, 7) is 14.2. The molecular weight excluding hydrogens is 822 g/mol. The van der Waals surface area contributed by atoms with E-state index in [0.29, 0.717) is 0 Å². The van der Waals surface area contributed by atoms with Gasteiger partial charge in [-0.25, -0.2) is 0 Å². The van der Waals surface area contributed by atoms with Gasteiger partial charge in [-0.05, 0) is 128 Å². The molecule has 4 aliphatic heterocycles. The minimum absolute atomic E-state index is 0.00897. The quantitative estimate of drug-likeness (QED) is 0.161. The third-order valence-corrected chi connectivity index (χ3v) is 16.0. The topological polar surface area (TPSA) is 16.3 Å². The average molecular weight is 871 g/mol. The predicted molar refractivity (Wildman–Crippen MR) is 291 cm³/mol. The highest BCUT2D eigenvalue weighted by Crippen LogP contribution is 2.47. The van der Waals surface area contributed by atoms with Gasteiger partial charge in [-0.2, -0.15) is 0 Å². The molecule has 0 atom stereocenters. The minimum Gasteiger partial charge on any atom is -0.311 e. The Labute approximate surface area is 397 Å². The molecule has 68 heavy (non-hydrogen) atoms. The van der Waals surface area contributed by atoms with E-state index < -0.39 is 0 Å². The van der Waals surface area contributed by atoms with E-state index in [2.05, 4.69) is 242 Å². The Hall–Kier alpha value is -7.69. The molecule has 0 saturated heterocycles. The number of anilines is 6. The Bertz CT molecular complexity index is 3750. The van der Waals surface area contributed by atoms with Crippen LogP contribution < -0.4 is 42.6 Å². The molecule has 4 aliphatic rings. The SMILES string of the molecule is CC(C)(C)c1ccc2c(c1)B1c3ccccc3N(c3ccccc3)c3ccc4c5cc6c(cc5n-2c4c31)c1ccc2c3c1n6-c1ccc(C(C)(C)C)cc1B3c1ccccc1N2c1ccccc1. The van der Waals surface area contributed by atoms with Crippen LogP contribution in [0, 0.1) is 0 Å². The maximum Gasteiger partial charge on any atom is 0.252 e. The van der Waals surface area contributed by atoms with Crippen LogP contribution in [0.5, 0.6) is 0 Å². The van der Waals surface area contributed by atoms with E-state index in [1.54, 1.807) is 0 Å². The first-order valence-electron chi connectivity index (χ1n) is 24.3. The van der Waals surface area contributed by atoms with Crippen molar-refractivity contribution in [3.05, 3.63) is 193 Å². The number of nitrogens with zero attached hydrogens (tertiary/aromatic N) is 4. The van der Waals surface area contributed by atoms with Gasteiger partial charge in [0.2, 0.25) is 0 Å². The molecule has 15 rings (SSSR count). The summed E-state index contributed by atoms with van der Waals surface area (Å²) in [6.07, 6.45) is 0. The van der Waals surface area contributed by atoms with Crippen molar-refractivity contribution in [2.45, 2.75) is 52.4 Å². The summed E-state index contributed by atoms with van der Waals surface area (Å²) in [6, 6.07) is 69.6. The van der Waals surface area contributed by atoms with Gasteiger partial charge in [-0.1, -0.05) is 151 Å². The second-order valence-electron chi connectivity index (χ2n) is 21.7. The Balaban J connectivity index is 1.09. The highest BCUT2D eigenvalue weighted by molar-refractivity contribution is 7.01. The van der Waals surface area contributed by atoms with E-state index in [1.807, 2.05) is 0 Å². The first kappa shape index (κ1) is 38.4. The lowest BCUT2D eigenvalue weighted by Gasteiger charge is -2.40. The third-order valence-electron chi connectivity index (χ3n) is 16.0. The molecule has 0 spiro atoms. The van der Waals surface area contributed by atoms with E-state index in [-0.39, 0.29) is 24.3 Å². The zero-order chi connectivity index (χ0) is 45.5. The molecule has 6 heteroatoms. The molecule has 0 unspecified atom stereocenters. The minimum atomic E-state index is -0.00897. The number of para-hydroxylation sites is 4. The molecule has 0 amide bonds. The van der Waals surface area contributed by atoms with Crippen LogP contribution >= 0.6 is 0 Å². The maximum atomic E-state index is 2.64. The maximum absolute atomic E-state index is 2.64. The van der Waals surface area contributed by atoms with Gasteiger partial charge in [0.25, 0.3) is 13.4 Å². The first-order chi connectivity index (χ1) is 33.0. The van der Waals surface area contributed by atoms with Crippen LogP contribution in [-0.2, 0) is 10.8 Å². The van der Waals surface area contributed by atoms with Crippen LogP contribution in [0.4, 0.5) is 34.1 Å². The van der Waals surface area contributed by atoms with Crippen LogP contribution in [0.2, 0.25) is 0 Å². The molecule has 2 aromatic heterocycles. The van der Waals surface area contributed by atoms with Gasteiger partial charge in [-0.3, -0.25) is 0 Å². The summed E-state index contributed by atoms with van der Waals surface area (Å²) in [7, 11) is 0. The zero-order valence-electron chi connectivity index (χ0n) is 39.3. The second-order valence-corrected chi connectivity index (χ2v) is 21.7. The molecule has 0 radical (unpaired) electrons. The zero-order valence-corrected chi connectivity index (χ0v) is 39.3. The van der Waals surface area contributed by atoms with Gasteiger partial charge < -0.3 is 18.9 Å². The van der Waals surface area contributed by atoms with Crippen molar-refractivity contribution in [3.8, 4) is 11.4 Å². The Morgan fingerprint density at radius 3 is 1.12 bits per heavy atom. The van der Waals surface area contributed by atoms with Crippen molar-refractivity contribution < 1.29 is 0 Å². The molecular formula is C62H48B2N4. The summed E-state index contributed by atoms with van der Waals surface area (Å²) in [5.41, 5.74) is 25.9. The lowest BCUT2D eigenvalue weighted by molar-refractivity contribution is 0.590. The van der Waals surface area contributed by atoms with Gasteiger partial charge >= 0.3 is 0 Å². The molecule has 0 fully saturated rings. The lowest BCUT2D eigenvalue weighted by atomic mass is 9.33. The van der Waals surface area contributed by atoms with Gasteiger partial charge in [0.1, 0.15) is 0 Å². The van der Waals surface area contributed by atoms with Crippen molar-refractivity contribution in [1.29, 1.82) is 0 Å². The summed E-state index contributed by atoms with van der Waals surface area (Å²) < 4.78 is 5.28. The number of fused-ring (bicyclic) bond motifs is 16. The van der Waals surface area contributed by atoms with E-state index >= 15 is 0 Å². The van der Waals surface area contributed by atoms with Gasteiger partial charge in [0.15, 0.2) is 0 Å². The Morgan fingerprint density at radius 1 is 0.324 bits per heavy atom. The number of hydrogen-bond donors (Lipinski definition) is 0. The molecule has 4 nitrogen and oxygen atoms in total. The summed E-state index contributed by atoms with van der Waals surface area (Å²) in [5, 5.41) is 5.16. The number of rotatable bonds is 2. The van der Waals surface area contributed by atoms with Crippen LogP contribution in [-0.4, -0.2) is 22.6 Å². The summed E-state index contributed by atoms with van der Waals surface area (Å²) in [5.74, 6) is 0. The van der Waals surface area contributed by atoms with Crippen molar-refractivity contribution in [2.24, 2.45) is 0 Å². The fraction of sp³-hybridized carbons (Fsp3) is 0.129. The van der Waals surface area contributed by atoms with Crippen LogP contribution in [0.15, 0.2) is 182 Å². The molecule has 0 bridgehead atoms. The normalized spacial score (nSPS) is 14.2. The molecule has 11 aromatic rings. The smallest absolute Gasteiger partial charge is 0.252 e. The number of hydrogen-bond acceptors (Lipinski definition) is 2. The Kier molecular flexibility index (Phi) is 7.37. The molecule has 0 aliphatic carbocycles. The van der Waals surface area contributed by atoms with Crippen LogP contribution in [0.3, 0.4) is 0 Å². The highest BCUT2D eigenvalue weighted by Gasteiger charge is 2.45.